The van der Waals surface area contributed by atoms with Crippen molar-refractivity contribution in [3.05, 3.63) is 29.6 Å². The molecule has 9 heteroatoms. The zero-order chi connectivity index (χ0) is 19.7. The smallest absolute Gasteiger partial charge is 0.257 e. The van der Waals surface area contributed by atoms with E-state index in [9.17, 15) is 4.79 Å². The SMILES string of the molecule is CN1CCN(Cc2nnc(C3CCN(C(=O)c4cnn(C)c4)CC3)n2C)CC1. The Bertz CT molecular complexity index is 812. The fourth-order valence-corrected chi connectivity index (χ4v) is 4.13. The van der Waals surface area contributed by atoms with Crippen LogP contribution < -0.4 is 0 Å². The Morgan fingerprint density at radius 2 is 1.75 bits per heavy atom. The first-order valence-electron chi connectivity index (χ1n) is 10.1. The Morgan fingerprint density at radius 3 is 2.39 bits per heavy atom. The molecular formula is C19H30N8O. The Kier molecular flexibility index (Phi) is 5.45. The minimum Gasteiger partial charge on any atom is -0.339 e. The van der Waals surface area contributed by atoms with Crippen LogP contribution in [0.15, 0.2) is 12.4 Å². The molecule has 2 aliphatic heterocycles. The Morgan fingerprint density at radius 1 is 1.04 bits per heavy atom. The van der Waals surface area contributed by atoms with Gasteiger partial charge in [0.1, 0.15) is 11.6 Å². The van der Waals surface area contributed by atoms with Gasteiger partial charge < -0.3 is 14.4 Å². The van der Waals surface area contributed by atoms with Crippen molar-refractivity contribution in [3.8, 4) is 0 Å². The molecule has 0 spiro atoms. The van der Waals surface area contributed by atoms with E-state index in [-0.39, 0.29) is 5.91 Å². The second kappa shape index (κ2) is 8.00. The molecule has 28 heavy (non-hydrogen) atoms. The number of aryl methyl sites for hydroxylation is 1. The van der Waals surface area contributed by atoms with Gasteiger partial charge in [0, 0.05) is 65.5 Å². The first-order chi connectivity index (χ1) is 13.5. The molecule has 0 unspecified atom stereocenters. The van der Waals surface area contributed by atoms with Crippen LogP contribution in [0.25, 0.3) is 0 Å². The zero-order valence-corrected chi connectivity index (χ0v) is 17.1. The van der Waals surface area contributed by atoms with Crippen molar-refractivity contribution >= 4 is 5.91 Å². The number of hydrogen-bond donors (Lipinski definition) is 0. The van der Waals surface area contributed by atoms with Crippen LogP contribution in [-0.2, 0) is 20.6 Å². The van der Waals surface area contributed by atoms with Crippen LogP contribution in [0.1, 0.15) is 40.8 Å². The predicted octanol–water partition coefficient (Wildman–Crippen LogP) is 0.316. The summed E-state index contributed by atoms with van der Waals surface area (Å²) in [4.78, 5) is 19.3. The van der Waals surface area contributed by atoms with E-state index in [1.54, 1.807) is 17.1 Å². The van der Waals surface area contributed by atoms with Crippen molar-refractivity contribution in [2.45, 2.75) is 25.3 Å². The molecule has 0 N–H and O–H groups in total. The summed E-state index contributed by atoms with van der Waals surface area (Å²) in [5.41, 5.74) is 0.661. The molecule has 0 saturated carbocycles. The summed E-state index contributed by atoms with van der Waals surface area (Å²) in [6, 6.07) is 0. The quantitative estimate of drug-likeness (QED) is 0.753. The lowest BCUT2D eigenvalue weighted by molar-refractivity contribution is 0.0710. The minimum absolute atomic E-state index is 0.0697. The Labute approximate surface area is 165 Å². The van der Waals surface area contributed by atoms with Gasteiger partial charge in [0.25, 0.3) is 5.91 Å². The van der Waals surface area contributed by atoms with Crippen LogP contribution >= 0.6 is 0 Å². The number of piperazine rings is 1. The molecule has 0 aromatic carbocycles. The van der Waals surface area contributed by atoms with Crippen molar-refractivity contribution in [2.75, 3.05) is 46.3 Å². The van der Waals surface area contributed by atoms with Gasteiger partial charge in [0.05, 0.1) is 18.3 Å². The van der Waals surface area contributed by atoms with E-state index in [1.165, 1.54) is 0 Å². The second-order valence-electron chi connectivity index (χ2n) is 8.08. The van der Waals surface area contributed by atoms with Gasteiger partial charge >= 0.3 is 0 Å². The highest BCUT2D eigenvalue weighted by Crippen LogP contribution is 2.27. The van der Waals surface area contributed by atoms with E-state index in [2.05, 4.69) is 43.8 Å². The Balaban J connectivity index is 1.34. The monoisotopic (exact) mass is 386 g/mol. The average molecular weight is 387 g/mol. The zero-order valence-electron chi connectivity index (χ0n) is 17.1. The van der Waals surface area contributed by atoms with E-state index in [0.717, 1.165) is 70.3 Å². The van der Waals surface area contributed by atoms with Crippen molar-refractivity contribution < 1.29 is 4.79 Å². The van der Waals surface area contributed by atoms with Crippen LogP contribution in [0.2, 0.25) is 0 Å². The highest BCUT2D eigenvalue weighted by atomic mass is 16.2. The van der Waals surface area contributed by atoms with Gasteiger partial charge in [-0.25, -0.2) is 0 Å². The summed E-state index contributed by atoms with van der Waals surface area (Å²) in [7, 11) is 6.08. The van der Waals surface area contributed by atoms with Crippen LogP contribution in [0, 0.1) is 0 Å². The third-order valence-corrected chi connectivity index (χ3v) is 6.06. The fourth-order valence-electron chi connectivity index (χ4n) is 4.13. The molecular weight excluding hydrogens is 356 g/mol. The van der Waals surface area contributed by atoms with Crippen LogP contribution in [0.5, 0.6) is 0 Å². The van der Waals surface area contributed by atoms with Gasteiger partial charge in [-0.3, -0.25) is 14.4 Å². The highest BCUT2D eigenvalue weighted by molar-refractivity contribution is 5.93. The molecule has 0 bridgehead atoms. The molecule has 2 fully saturated rings. The number of aromatic nitrogens is 5. The summed E-state index contributed by atoms with van der Waals surface area (Å²) >= 11 is 0. The number of likely N-dealkylation sites (tertiary alicyclic amines) is 1. The predicted molar refractivity (Wildman–Crippen MR) is 105 cm³/mol. The maximum absolute atomic E-state index is 12.6. The maximum Gasteiger partial charge on any atom is 0.257 e. The summed E-state index contributed by atoms with van der Waals surface area (Å²) < 4.78 is 3.84. The van der Waals surface area contributed by atoms with Crippen LogP contribution in [0.4, 0.5) is 0 Å². The molecule has 2 aromatic heterocycles. The third-order valence-electron chi connectivity index (χ3n) is 6.06. The lowest BCUT2D eigenvalue weighted by Gasteiger charge is -2.32. The van der Waals surface area contributed by atoms with Crippen molar-refractivity contribution in [3.63, 3.8) is 0 Å². The van der Waals surface area contributed by atoms with Crippen molar-refractivity contribution in [1.29, 1.82) is 0 Å². The molecule has 1 amide bonds. The molecule has 0 aliphatic carbocycles. The standard InChI is InChI=1S/C19H30N8O/c1-23-8-10-26(11-9-23)14-17-21-22-18(25(17)3)15-4-6-27(7-5-15)19(28)16-12-20-24(2)13-16/h12-13,15H,4-11,14H2,1-3H3. The lowest BCUT2D eigenvalue weighted by atomic mass is 9.95. The summed E-state index contributed by atoms with van der Waals surface area (Å²) in [6.45, 7) is 6.72. The number of likely N-dealkylation sites (N-methyl/N-ethyl adjacent to an activating group) is 1. The number of carbonyl (C=O) groups excluding carboxylic acids is 1. The van der Waals surface area contributed by atoms with Gasteiger partial charge in [0.15, 0.2) is 0 Å². The van der Waals surface area contributed by atoms with E-state index in [1.807, 2.05) is 11.9 Å². The summed E-state index contributed by atoms with van der Waals surface area (Å²) in [5.74, 6) is 2.52. The molecule has 0 atom stereocenters. The average Bonchev–Trinajstić information content (AvgIpc) is 3.29. The topological polar surface area (TPSA) is 75.3 Å². The fraction of sp³-hybridized carbons (Fsp3) is 0.684. The first kappa shape index (κ1) is 19.1. The van der Waals surface area contributed by atoms with Crippen LogP contribution in [0.3, 0.4) is 0 Å². The molecule has 2 aromatic rings. The van der Waals surface area contributed by atoms with E-state index in [0.29, 0.717) is 11.5 Å². The summed E-state index contributed by atoms with van der Waals surface area (Å²) in [5, 5.41) is 13.1. The van der Waals surface area contributed by atoms with Gasteiger partial charge in [0.2, 0.25) is 0 Å². The third kappa shape index (κ3) is 3.95. The van der Waals surface area contributed by atoms with Crippen molar-refractivity contribution in [1.82, 2.24) is 39.2 Å². The summed E-state index contributed by atoms with van der Waals surface area (Å²) in [6.07, 6.45) is 5.27. The number of nitrogens with zero attached hydrogens (tertiary/aromatic N) is 8. The minimum atomic E-state index is 0.0697. The Hall–Kier alpha value is -2.26. The molecule has 2 aliphatic rings. The largest absolute Gasteiger partial charge is 0.339 e. The number of piperidine rings is 1. The van der Waals surface area contributed by atoms with E-state index in [4.69, 9.17) is 0 Å². The second-order valence-corrected chi connectivity index (χ2v) is 8.08. The number of rotatable bonds is 4. The number of amides is 1. The van der Waals surface area contributed by atoms with Crippen LogP contribution in [-0.4, -0.2) is 91.5 Å². The van der Waals surface area contributed by atoms with Gasteiger partial charge in [-0.1, -0.05) is 0 Å². The lowest BCUT2D eigenvalue weighted by Crippen LogP contribution is -2.44. The normalized spacial score (nSPS) is 20.0. The molecule has 152 valence electrons. The van der Waals surface area contributed by atoms with E-state index >= 15 is 0 Å². The molecule has 0 radical (unpaired) electrons. The van der Waals surface area contributed by atoms with Crippen molar-refractivity contribution in [2.24, 2.45) is 14.1 Å². The maximum atomic E-state index is 12.6. The highest BCUT2D eigenvalue weighted by Gasteiger charge is 2.28. The molecule has 9 nitrogen and oxygen atoms in total. The van der Waals surface area contributed by atoms with Gasteiger partial charge in [-0.05, 0) is 19.9 Å². The van der Waals surface area contributed by atoms with Gasteiger partial charge in [-0.2, -0.15) is 5.10 Å². The number of carbonyl (C=O) groups is 1. The number of hydrogen-bond acceptors (Lipinski definition) is 6. The first-order valence-corrected chi connectivity index (χ1v) is 10.1. The molecule has 2 saturated heterocycles. The molecule has 4 heterocycles. The molecule has 4 rings (SSSR count). The van der Waals surface area contributed by atoms with Gasteiger partial charge in [-0.15, -0.1) is 10.2 Å². The van der Waals surface area contributed by atoms with E-state index < -0.39 is 0 Å².